The summed E-state index contributed by atoms with van der Waals surface area (Å²) in [5.41, 5.74) is 8.49. The molecular weight excluding hydrogens is 411 g/mol. The highest BCUT2D eigenvalue weighted by atomic mass is 31.2. The molecule has 2 nitrogen and oxygen atoms in total. The van der Waals surface area contributed by atoms with E-state index in [1.807, 2.05) is 0 Å². The standard InChI is InChI=1S/C29H41O2P/c1-19-14-16-24(28(3,4)5)26-22(19)18-23-20(2)15-17-25(29(6,7)8)27(23)31-32(30-26)21-12-10-9-11-13-21/h14-17,21H,9-13,18H2,1-8H3. The summed E-state index contributed by atoms with van der Waals surface area (Å²) in [4.78, 5) is 0. The molecule has 1 aliphatic heterocycles. The Morgan fingerprint density at radius 3 is 1.53 bits per heavy atom. The average Bonchev–Trinajstić information content (AvgIpc) is 2.68. The summed E-state index contributed by atoms with van der Waals surface area (Å²) in [6.07, 6.45) is 7.20. The van der Waals surface area contributed by atoms with Crippen LogP contribution in [0.5, 0.6) is 11.5 Å². The van der Waals surface area contributed by atoms with Crippen molar-refractivity contribution < 1.29 is 9.05 Å². The molecule has 1 aliphatic carbocycles. The van der Waals surface area contributed by atoms with Crippen LogP contribution in [0.1, 0.15) is 107 Å². The second kappa shape index (κ2) is 8.68. The molecule has 174 valence electrons. The zero-order valence-electron chi connectivity index (χ0n) is 21.4. The van der Waals surface area contributed by atoms with E-state index in [2.05, 4.69) is 79.7 Å². The second-order valence-corrected chi connectivity index (χ2v) is 13.6. The molecule has 1 heterocycles. The molecule has 0 saturated heterocycles. The van der Waals surface area contributed by atoms with Gasteiger partial charge in [-0.1, -0.05) is 85.1 Å². The van der Waals surface area contributed by atoms with Crippen molar-refractivity contribution in [3.63, 3.8) is 0 Å². The fraction of sp³-hybridized carbons (Fsp3) is 0.586. The zero-order valence-corrected chi connectivity index (χ0v) is 22.3. The van der Waals surface area contributed by atoms with Crippen molar-refractivity contribution >= 4 is 8.38 Å². The number of aryl methyl sites for hydroxylation is 2. The molecule has 4 rings (SSSR count). The smallest absolute Gasteiger partial charge is 0.293 e. The van der Waals surface area contributed by atoms with Gasteiger partial charge in [0.15, 0.2) is 0 Å². The lowest BCUT2D eigenvalue weighted by Gasteiger charge is -2.36. The Labute approximate surface area is 197 Å². The molecule has 32 heavy (non-hydrogen) atoms. The van der Waals surface area contributed by atoms with E-state index in [-0.39, 0.29) is 10.8 Å². The van der Waals surface area contributed by atoms with Gasteiger partial charge < -0.3 is 9.05 Å². The molecule has 0 aromatic heterocycles. The Morgan fingerprint density at radius 1 is 0.688 bits per heavy atom. The van der Waals surface area contributed by atoms with Crippen molar-refractivity contribution in [1.29, 1.82) is 0 Å². The second-order valence-electron chi connectivity index (χ2n) is 11.9. The third kappa shape index (κ3) is 4.58. The van der Waals surface area contributed by atoms with Crippen molar-refractivity contribution in [3.05, 3.63) is 57.6 Å². The first-order chi connectivity index (χ1) is 15.0. The normalized spacial score (nSPS) is 18.1. The average molecular weight is 453 g/mol. The largest absolute Gasteiger partial charge is 0.438 e. The van der Waals surface area contributed by atoms with Crippen molar-refractivity contribution in [2.45, 2.75) is 110 Å². The summed E-state index contributed by atoms with van der Waals surface area (Å²) >= 11 is 0. The first-order valence-corrected chi connectivity index (χ1v) is 13.6. The molecule has 0 N–H and O–H groups in total. The van der Waals surface area contributed by atoms with Crippen molar-refractivity contribution in [1.82, 2.24) is 0 Å². The SMILES string of the molecule is Cc1ccc(C(C)(C)C)c2c1Cc1c(C)ccc(C(C)(C)C)c1OP(C1CCCCC1)O2. The fourth-order valence-electron chi connectivity index (χ4n) is 5.10. The van der Waals surface area contributed by atoms with Gasteiger partial charge >= 0.3 is 0 Å². The van der Waals surface area contributed by atoms with Crippen LogP contribution < -0.4 is 9.05 Å². The van der Waals surface area contributed by atoms with Gasteiger partial charge in [-0.2, -0.15) is 0 Å². The zero-order chi connectivity index (χ0) is 23.3. The lowest BCUT2D eigenvalue weighted by Crippen LogP contribution is -2.23. The van der Waals surface area contributed by atoms with Gasteiger partial charge in [0.05, 0.1) is 5.66 Å². The number of hydrogen-bond donors (Lipinski definition) is 0. The molecule has 1 saturated carbocycles. The molecule has 0 radical (unpaired) electrons. The first-order valence-electron chi connectivity index (χ1n) is 12.4. The molecule has 0 bridgehead atoms. The lowest BCUT2D eigenvalue weighted by atomic mass is 9.81. The maximum Gasteiger partial charge on any atom is 0.293 e. The Hall–Kier alpha value is -1.53. The van der Waals surface area contributed by atoms with E-state index in [0.29, 0.717) is 5.66 Å². The van der Waals surface area contributed by atoms with Crippen molar-refractivity contribution in [2.24, 2.45) is 0 Å². The van der Waals surface area contributed by atoms with Gasteiger partial charge in [0.2, 0.25) is 0 Å². The van der Waals surface area contributed by atoms with E-state index in [9.17, 15) is 0 Å². The molecule has 2 aromatic rings. The van der Waals surface area contributed by atoms with Crippen LogP contribution in [0.25, 0.3) is 0 Å². The van der Waals surface area contributed by atoms with Crippen LogP contribution in [-0.4, -0.2) is 5.66 Å². The first kappa shape index (κ1) is 23.6. The van der Waals surface area contributed by atoms with Gasteiger partial charge in [-0.05, 0) is 48.6 Å². The maximum atomic E-state index is 7.02. The van der Waals surface area contributed by atoms with Crippen LogP contribution in [0.15, 0.2) is 24.3 Å². The van der Waals surface area contributed by atoms with E-state index in [4.69, 9.17) is 9.05 Å². The third-order valence-corrected chi connectivity index (χ3v) is 9.03. The summed E-state index contributed by atoms with van der Waals surface area (Å²) < 4.78 is 14.0. The van der Waals surface area contributed by atoms with Crippen LogP contribution in [0, 0.1) is 13.8 Å². The van der Waals surface area contributed by atoms with Crippen LogP contribution in [-0.2, 0) is 17.3 Å². The van der Waals surface area contributed by atoms with Crippen LogP contribution in [0.4, 0.5) is 0 Å². The summed E-state index contributed by atoms with van der Waals surface area (Å²) in [5.74, 6) is 2.20. The van der Waals surface area contributed by atoms with Crippen molar-refractivity contribution in [2.75, 3.05) is 0 Å². The summed E-state index contributed by atoms with van der Waals surface area (Å²) in [6.45, 7) is 18.2. The predicted octanol–water partition coefficient (Wildman–Crippen LogP) is 8.91. The Bertz CT molecular complexity index is 916. The van der Waals surface area contributed by atoms with Gasteiger partial charge in [0.1, 0.15) is 11.5 Å². The summed E-state index contributed by atoms with van der Waals surface area (Å²) in [7, 11) is -1.06. The van der Waals surface area contributed by atoms with E-state index >= 15 is 0 Å². The third-order valence-electron chi connectivity index (χ3n) is 7.19. The van der Waals surface area contributed by atoms with E-state index in [1.165, 1.54) is 65.5 Å². The highest BCUT2D eigenvalue weighted by Crippen LogP contribution is 2.56. The van der Waals surface area contributed by atoms with Gasteiger partial charge in [0, 0.05) is 28.7 Å². The quantitative estimate of drug-likeness (QED) is 0.402. The molecule has 0 spiro atoms. The van der Waals surface area contributed by atoms with Gasteiger partial charge in [0.25, 0.3) is 8.38 Å². The molecule has 0 atom stereocenters. The Morgan fingerprint density at radius 2 is 1.12 bits per heavy atom. The molecule has 0 unspecified atom stereocenters. The minimum Gasteiger partial charge on any atom is -0.438 e. The monoisotopic (exact) mass is 452 g/mol. The minimum atomic E-state index is -1.06. The molecule has 0 amide bonds. The predicted molar refractivity (Wildman–Crippen MR) is 138 cm³/mol. The van der Waals surface area contributed by atoms with Crippen molar-refractivity contribution in [3.8, 4) is 11.5 Å². The van der Waals surface area contributed by atoms with Crippen LogP contribution >= 0.6 is 8.38 Å². The van der Waals surface area contributed by atoms with Crippen LogP contribution in [0.3, 0.4) is 0 Å². The number of rotatable bonds is 1. The lowest BCUT2D eigenvalue weighted by molar-refractivity contribution is 0.408. The Kier molecular flexibility index (Phi) is 6.40. The van der Waals surface area contributed by atoms with Crippen LogP contribution in [0.2, 0.25) is 0 Å². The topological polar surface area (TPSA) is 18.5 Å². The maximum absolute atomic E-state index is 7.02. The van der Waals surface area contributed by atoms with E-state index in [1.54, 1.807) is 0 Å². The highest BCUT2D eigenvalue weighted by molar-refractivity contribution is 7.49. The fourth-order valence-corrected chi connectivity index (χ4v) is 7.00. The van der Waals surface area contributed by atoms with E-state index < -0.39 is 8.38 Å². The highest BCUT2D eigenvalue weighted by Gasteiger charge is 2.36. The molecule has 3 heteroatoms. The minimum absolute atomic E-state index is 0.0235. The molecular formula is C29H41O2P. The summed E-state index contributed by atoms with van der Waals surface area (Å²) in [5, 5.41) is 0. The molecule has 2 aromatic carbocycles. The number of fused-ring (bicyclic) bond motifs is 2. The summed E-state index contributed by atoms with van der Waals surface area (Å²) in [6, 6.07) is 9.14. The Balaban J connectivity index is 1.96. The number of hydrogen-bond acceptors (Lipinski definition) is 2. The number of benzene rings is 2. The van der Waals surface area contributed by atoms with Gasteiger partial charge in [-0.15, -0.1) is 0 Å². The van der Waals surface area contributed by atoms with E-state index in [0.717, 1.165) is 17.9 Å². The molecule has 1 fully saturated rings. The van der Waals surface area contributed by atoms with Gasteiger partial charge in [-0.25, -0.2) is 0 Å². The van der Waals surface area contributed by atoms with Gasteiger partial charge in [-0.3, -0.25) is 0 Å². The molecule has 2 aliphatic rings.